The summed E-state index contributed by atoms with van der Waals surface area (Å²) in [7, 11) is 0. The zero-order chi connectivity index (χ0) is 20.6. The van der Waals surface area contributed by atoms with E-state index in [2.05, 4.69) is 61.4 Å². The first-order valence-electron chi connectivity index (χ1n) is 9.60. The predicted molar refractivity (Wildman–Crippen MR) is 126 cm³/mol. The van der Waals surface area contributed by atoms with Crippen LogP contribution in [0, 0.1) is 13.8 Å². The van der Waals surface area contributed by atoms with Crippen LogP contribution in [0.15, 0.2) is 85.5 Å². The Morgan fingerprint density at radius 1 is 1.03 bits per heavy atom. The molecule has 148 valence electrons. The fraction of sp³-hybridized carbons (Fsp3) is 0.160. The summed E-state index contributed by atoms with van der Waals surface area (Å²) in [5.74, 6) is 0.770. The van der Waals surface area contributed by atoms with Crippen LogP contribution in [0.5, 0.6) is 5.75 Å². The van der Waals surface area contributed by atoms with Gasteiger partial charge in [0.2, 0.25) is 0 Å². The van der Waals surface area contributed by atoms with Crippen molar-refractivity contribution in [1.29, 1.82) is 0 Å². The molecule has 0 saturated heterocycles. The van der Waals surface area contributed by atoms with Gasteiger partial charge in [-0.25, -0.2) is 0 Å². The molecule has 29 heavy (non-hydrogen) atoms. The SMILES string of the molecule is C=CCOc1cccc(NC(=S)N[C@@H](c2ccccc2)c2ccc(C)cc2C)c1. The molecule has 4 heteroatoms. The van der Waals surface area contributed by atoms with Crippen LogP contribution >= 0.6 is 12.2 Å². The van der Waals surface area contributed by atoms with Gasteiger partial charge < -0.3 is 15.4 Å². The second-order valence-electron chi connectivity index (χ2n) is 6.93. The minimum atomic E-state index is -0.0444. The number of ether oxygens (including phenoxy) is 1. The van der Waals surface area contributed by atoms with E-state index in [4.69, 9.17) is 17.0 Å². The van der Waals surface area contributed by atoms with Crippen LogP contribution < -0.4 is 15.4 Å². The third kappa shape index (κ3) is 5.69. The van der Waals surface area contributed by atoms with Gasteiger partial charge in [0.15, 0.2) is 5.11 Å². The van der Waals surface area contributed by atoms with E-state index in [0.29, 0.717) is 11.7 Å². The Labute approximate surface area is 178 Å². The van der Waals surface area contributed by atoms with Crippen molar-refractivity contribution in [2.75, 3.05) is 11.9 Å². The van der Waals surface area contributed by atoms with Crippen LogP contribution in [0.2, 0.25) is 0 Å². The summed E-state index contributed by atoms with van der Waals surface area (Å²) in [6.07, 6.45) is 1.72. The standard InChI is InChI=1S/C25H26N2OS/c1-4-15-28-22-12-8-11-21(17-22)26-25(29)27-24(20-9-6-5-7-10-20)23-14-13-18(2)16-19(23)3/h4-14,16-17,24H,1,15H2,2-3H3,(H2,26,27,29)/t24-/m0/s1. The number of benzene rings is 3. The van der Waals surface area contributed by atoms with E-state index in [0.717, 1.165) is 17.0 Å². The summed E-state index contributed by atoms with van der Waals surface area (Å²) in [6.45, 7) is 8.39. The summed E-state index contributed by atoms with van der Waals surface area (Å²) in [5.41, 5.74) is 5.71. The number of thiocarbonyl (C=S) groups is 1. The lowest BCUT2D eigenvalue weighted by atomic mass is 9.94. The lowest BCUT2D eigenvalue weighted by Gasteiger charge is -2.24. The van der Waals surface area contributed by atoms with Crippen LogP contribution in [0.25, 0.3) is 0 Å². The molecule has 0 aliphatic carbocycles. The normalized spacial score (nSPS) is 11.4. The van der Waals surface area contributed by atoms with Crippen LogP contribution in [0.1, 0.15) is 28.3 Å². The number of rotatable bonds is 7. The fourth-order valence-corrected chi connectivity index (χ4v) is 3.49. The van der Waals surface area contributed by atoms with Crippen molar-refractivity contribution in [1.82, 2.24) is 5.32 Å². The minimum Gasteiger partial charge on any atom is -0.489 e. The second-order valence-corrected chi connectivity index (χ2v) is 7.34. The monoisotopic (exact) mass is 402 g/mol. The maximum atomic E-state index is 5.63. The number of aryl methyl sites for hydroxylation is 2. The molecule has 2 N–H and O–H groups in total. The van der Waals surface area contributed by atoms with E-state index in [-0.39, 0.29) is 6.04 Å². The number of nitrogens with one attached hydrogen (secondary N) is 2. The zero-order valence-electron chi connectivity index (χ0n) is 16.8. The Balaban J connectivity index is 1.81. The molecule has 0 spiro atoms. The molecule has 3 nitrogen and oxygen atoms in total. The molecule has 0 aromatic heterocycles. The van der Waals surface area contributed by atoms with Gasteiger partial charge in [-0.15, -0.1) is 0 Å². The third-order valence-corrected chi connectivity index (χ3v) is 4.82. The van der Waals surface area contributed by atoms with E-state index in [9.17, 15) is 0 Å². The molecule has 0 fully saturated rings. The van der Waals surface area contributed by atoms with Gasteiger partial charge in [0, 0.05) is 11.8 Å². The molecule has 1 atom stereocenters. The van der Waals surface area contributed by atoms with Crippen molar-refractivity contribution < 1.29 is 4.74 Å². The fourth-order valence-electron chi connectivity index (χ4n) is 3.25. The van der Waals surface area contributed by atoms with Gasteiger partial charge >= 0.3 is 0 Å². The topological polar surface area (TPSA) is 33.3 Å². The molecule has 3 aromatic rings. The van der Waals surface area contributed by atoms with E-state index >= 15 is 0 Å². The van der Waals surface area contributed by atoms with Crippen LogP contribution in [-0.2, 0) is 0 Å². The molecule has 3 rings (SSSR count). The first-order chi connectivity index (χ1) is 14.1. The van der Waals surface area contributed by atoms with E-state index in [1.807, 2.05) is 42.5 Å². The van der Waals surface area contributed by atoms with Gasteiger partial charge in [-0.2, -0.15) is 0 Å². The van der Waals surface area contributed by atoms with Gasteiger partial charge in [-0.3, -0.25) is 0 Å². The highest BCUT2D eigenvalue weighted by Crippen LogP contribution is 2.26. The van der Waals surface area contributed by atoms with Crippen molar-refractivity contribution in [2.45, 2.75) is 19.9 Å². The van der Waals surface area contributed by atoms with Crippen molar-refractivity contribution >= 4 is 23.0 Å². The number of hydrogen-bond acceptors (Lipinski definition) is 2. The third-order valence-electron chi connectivity index (χ3n) is 4.60. The van der Waals surface area contributed by atoms with Crippen LogP contribution in [0.4, 0.5) is 5.69 Å². The zero-order valence-corrected chi connectivity index (χ0v) is 17.6. The molecular formula is C25H26N2OS. The predicted octanol–water partition coefficient (Wildman–Crippen LogP) is 5.94. The highest BCUT2D eigenvalue weighted by Gasteiger charge is 2.17. The first kappa shape index (κ1) is 20.6. The van der Waals surface area contributed by atoms with Gasteiger partial charge in [0.1, 0.15) is 12.4 Å². The molecule has 0 aliphatic rings. The maximum Gasteiger partial charge on any atom is 0.171 e. The summed E-state index contributed by atoms with van der Waals surface area (Å²) in [6, 6.07) is 24.5. The van der Waals surface area contributed by atoms with Gasteiger partial charge in [-0.1, -0.05) is 72.8 Å². The number of hydrogen-bond donors (Lipinski definition) is 2. The molecule has 3 aromatic carbocycles. The molecule has 0 saturated carbocycles. The van der Waals surface area contributed by atoms with Crippen molar-refractivity contribution in [3.05, 3.63) is 108 Å². The summed E-state index contributed by atoms with van der Waals surface area (Å²) in [4.78, 5) is 0. The molecule has 0 heterocycles. The average Bonchev–Trinajstić information content (AvgIpc) is 2.72. The molecule has 0 radical (unpaired) electrons. The Morgan fingerprint density at radius 2 is 1.83 bits per heavy atom. The van der Waals surface area contributed by atoms with Gasteiger partial charge in [0.25, 0.3) is 0 Å². The Bertz CT molecular complexity index is 985. The number of anilines is 1. The first-order valence-corrected chi connectivity index (χ1v) is 10.0. The molecule has 0 unspecified atom stereocenters. The van der Waals surface area contributed by atoms with Gasteiger partial charge in [0.05, 0.1) is 6.04 Å². The maximum absolute atomic E-state index is 5.63. The quantitative estimate of drug-likeness (QED) is 0.378. The largest absolute Gasteiger partial charge is 0.489 e. The minimum absolute atomic E-state index is 0.0444. The average molecular weight is 403 g/mol. The van der Waals surface area contributed by atoms with Crippen LogP contribution in [0.3, 0.4) is 0 Å². The van der Waals surface area contributed by atoms with E-state index in [1.165, 1.54) is 16.7 Å². The summed E-state index contributed by atoms with van der Waals surface area (Å²) < 4.78 is 5.60. The van der Waals surface area contributed by atoms with Crippen molar-refractivity contribution in [3.63, 3.8) is 0 Å². The van der Waals surface area contributed by atoms with Crippen molar-refractivity contribution in [2.24, 2.45) is 0 Å². The van der Waals surface area contributed by atoms with E-state index < -0.39 is 0 Å². The van der Waals surface area contributed by atoms with E-state index in [1.54, 1.807) is 6.08 Å². The Hall–Kier alpha value is -3.11. The summed E-state index contributed by atoms with van der Waals surface area (Å²) in [5, 5.41) is 7.31. The molecule has 0 aliphatic heterocycles. The lowest BCUT2D eigenvalue weighted by molar-refractivity contribution is 0.363. The molecule has 0 bridgehead atoms. The Morgan fingerprint density at radius 3 is 2.55 bits per heavy atom. The van der Waals surface area contributed by atoms with Gasteiger partial charge in [-0.05, 0) is 54.9 Å². The van der Waals surface area contributed by atoms with Crippen LogP contribution in [-0.4, -0.2) is 11.7 Å². The summed E-state index contributed by atoms with van der Waals surface area (Å²) >= 11 is 5.63. The molecular weight excluding hydrogens is 376 g/mol. The highest BCUT2D eigenvalue weighted by atomic mass is 32.1. The second kappa shape index (κ2) is 9.89. The Kier molecular flexibility index (Phi) is 7.04. The lowest BCUT2D eigenvalue weighted by Crippen LogP contribution is -2.33. The van der Waals surface area contributed by atoms with Crippen molar-refractivity contribution in [3.8, 4) is 5.75 Å². The highest BCUT2D eigenvalue weighted by molar-refractivity contribution is 7.80. The molecule has 0 amide bonds. The smallest absolute Gasteiger partial charge is 0.171 e.